The van der Waals surface area contributed by atoms with Crippen LogP contribution in [0.25, 0.3) is 0 Å². The molecule has 0 aliphatic carbocycles. The van der Waals surface area contributed by atoms with Crippen LogP contribution in [0.2, 0.25) is 0 Å². The first-order valence-electron chi connectivity index (χ1n) is 4.10. The Hall–Kier alpha value is -2.24. The number of ether oxygens (including phenoxy) is 1. The number of benzene rings is 1. The number of rotatable bonds is 2. The number of hydrogen-bond acceptors (Lipinski definition) is 4. The molecular weight excluding hydrogens is 198 g/mol. The van der Waals surface area contributed by atoms with E-state index in [1.165, 1.54) is 7.11 Å². The molecule has 1 aromatic rings. The Morgan fingerprint density at radius 1 is 1.60 bits per heavy atom. The van der Waals surface area contributed by atoms with Gasteiger partial charge in [-0.05, 0) is 12.1 Å². The minimum atomic E-state index is -0.675. The van der Waals surface area contributed by atoms with Gasteiger partial charge in [0.05, 0.1) is 7.11 Å². The first kappa shape index (κ1) is 10.8. The molecule has 0 spiro atoms. The van der Waals surface area contributed by atoms with Gasteiger partial charge in [-0.15, -0.1) is 0 Å². The Labute approximate surface area is 86.3 Å². The van der Waals surface area contributed by atoms with Gasteiger partial charge in [0.2, 0.25) is 5.84 Å². The van der Waals surface area contributed by atoms with Crippen LogP contribution in [-0.4, -0.2) is 24.1 Å². The molecule has 0 aromatic heterocycles. The van der Waals surface area contributed by atoms with Gasteiger partial charge in [-0.1, -0.05) is 11.2 Å². The standard InChI is InChI=1S/C9H11N3O3/c1-15-7-4-2-3-6(5-7)11-9(13)8(10)12-14/h2-5,14H,1H3,(H2,10,12)(H,11,13). The van der Waals surface area contributed by atoms with E-state index in [0.29, 0.717) is 11.4 Å². The molecule has 15 heavy (non-hydrogen) atoms. The van der Waals surface area contributed by atoms with Crippen LogP contribution in [0.1, 0.15) is 0 Å². The van der Waals surface area contributed by atoms with Crippen LogP contribution in [-0.2, 0) is 4.79 Å². The van der Waals surface area contributed by atoms with Crippen LogP contribution >= 0.6 is 0 Å². The van der Waals surface area contributed by atoms with Gasteiger partial charge < -0.3 is 21.0 Å². The lowest BCUT2D eigenvalue weighted by Crippen LogP contribution is -2.30. The molecule has 0 fully saturated rings. The summed E-state index contributed by atoms with van der Waals surface area (Å²) < 4.78 is 4.96. The van der Waals surface area contributed by atoms with Crippen molar-refractivity contribution in [3.8, 4) is 5.75 Å². The van der Waals surface area contributed by atoms with E-state index >= 15 is 0 Å². The lowest BCUT2D eigenvalue weighted by atomic mass is 10.3. The maximum absolute atomic E-state index is 11.2. The predicted molar refractivity (Wildman–Crippen MR) is 55.0 cm³/mol. The molecule has 0 radical (unpaired) electrons. The van der Waals surface area contributed by atoms with Crippen molar-refractivity contribution in [2.24, 2.45) is 10.9 Å². The van der Waals surface area contributed by atoms with Gasteiger partial charge in [-0.2, -0.15) is 0 Å². The third-order valence-electron chi connectivity index (χ3n) is 1.67. The number of nitrogens with zero attached hydrogens (tertiary/aromatic N) is 1. The molecule has 80 valence electrons. The Morgan fingerprint density at radius 2 is 2.33 bits per heavy atom. The normalized spacial score (nSPS) is 10.9. The summed E-state index contributed by atoms with van der Waals surface area (Å²) in [6.07, 6.45) is 0. The minimum absolute atomic E-state index is 0.502. The molecule has 0 atom stereocenters. The van der Waals surface area contributed by atoms with E-state index in [9.17, 15) is 4.79 Å². The topological polar surface area (TPSA) is 96.9 Å². The zero-order valence-electron chi connectivity index (χ0n) is 8.10. The van der Waals surface area contributed by atoms with Gasteiger partial charge in [0.25, 0.3) is 5.91 Å². The highest BCUT2D eigenvalue weighted by atomic mass is 16.5. The first-order chi connectivity index (χ1) is 7.17. The Bertz CT molecular complexity index is 390. The number of nitrogens with two attached hydrogens (primary N) is 1. The number of oxime groups is 1. The Balaban J connectivity index is 2.76. The fourth-order valence-electron chi connectivity index (χ4n) is 0.941. The molecule has 0 saturated heterocycles. The van der Waals surface area contributed by atoms with E-state index in [4.69, 9.17) is 15.7 Å². The molecule has 6 heteroatoms. The van der Waals surface area contributed by atoms with Crippen molar-refractivity contribution in [2.75, 3.05) is 12.4 Å². The van der Waals surface area contributed by atoms with Crippen LogP contribution in [0.15, 0.2) is 29.4 Å². The second-order valence-corrected chi connectivity index (χ2v) is 2.67. The molecule has 1 amide bonds. The Morgan fingerprint density at radius 3 is 2.93 bits per heavy atom. The van der Waals surface area contributed by atoms with Crippen molar-refractivity contribution in [1.29, 1.82) is 0 Å². The Kier molecular flexibility index (Phi) is 3.50. The van der Waals surface area contributed by atoms with Crippen molar-refractivity contribution in [3.63, 3.8) is 0 Å². The summed E-state index contributed by atoms with van der Waals surface area (Å²) in [5.74, 6) is -0.573. The van der Waals surface area contributed by atoms with Crippen molar-refractivity contribution in [1.82, 2.24) is 0 Å². The third kappa shape index (κ3) is 2.87. The van der Waals surface area contributed by atoms with Crippen molar-refractivity contribution >= 4 is 17.4 Å². The smallest absolute Gasteiger partial charge is 0.294 e. The van der Waals surface area contributed by atoms with E-state index in [0.717, 1.165) is 0 Å². The number of carbonyl (C=O) groups is 1. The van der Waals surface area contributed by atoms with Gasteiger partial charge >= 0.3 is 0 Å². The molecule has 0 heterocycles. The zero-order chi connectivity index (χ0) is 11.3. The maximum atomic E-state index is 11.2. The van der Waals surface area contributed by atoms with E-state index in [2.05, 4.69) is 10.5 Å². The van der Waals surface area contributed by atoms with Gasteiger partial charge in [0.15, 0.2) is 0 Å². The molecule has 4 N–H and O–H groups in total. The molecule has 0 unspecified atom stereocenters. The molecule has 0 saturated carbocycles. The summed E-state index contributed by atoms with van der Waals surface area (Å²) in [5.41, 5.74) is 5.60. The number of amidine groups is 1. The molecule has 6 nitrogen and oxygen atoms in total. The minimum Gasteiger partial charge on any atom is -0.497 e. The lowest BCUT2D eigenvalue weighted by Gasteiger charge is -2.05. The van der Waals surface area contributed by atoms with Crippen LogP contribution in [0.3, 0.4) is 0 Å². The highest BCUT2D eigenvalue weighted by molar-refractivity contribution is 6.41. The van der Waals surface area contributed by atoms with Crippen molar-refractivity contribution in [3.05, 3.63) is 24.3 Å². The van der Waals surface area contributed by atoms with E-state index < -0.39 is 11.7 Å². The summed E-state index contributed by atoms with van der Waals surface area (Å²) in [4.78, 5) is 11.2. The predicted octanol–water partition coefficient (Wildman–Crippen LogP) is 0.380. The average molecular weight is 209 g/mol. The SMILES string of the molecule is COc1cccc(NC(=O)/C(N)=N\O)c1. The van der Waals surface area contributed by atoms with E-state index in [-0.39, 0.29) is 0 Å². The second-order valence-electron chi connectivity index (χ2n) is 2.67. The summed E-state index contributed by atoms with van der Waals surface area (Å²) >= 11 is 0. The number of amides is 1. The summed E-state index contributed by atoms with van der Waals surface area (Å²) in [5, 5.41) is 13.3. The zero-order valence-corrected chi connectivity index (χ0v) is 8.10. The second kappa shape index (κ2) is 4.85. The molecular formula is C9H11N3O3. The van der Waals surface area contributed by atoms with E-state index in [1.807, 2.05) is 0 Å². The largest absolute Gasteiger partial charge is 0.497 e. The molecule has 0 bridgehead atoms. The van der Waals surface area contributed by atoms with Gasteiger partial charge in [-0.25, -0.2) is 0 Å². The molecule has 0 aliphatic heterocycles. The van der Waals surface area contributed by atoms with Gasteiger partial charge in [-0.3, -0.25) is 4.79 Å². The number of carbonyl (C=O) groups excluding carboxylic acids is 1. The molecule has 0 aliphatic rings. The third-order valence-corrected chi connectivity index (χ3v) is 1.67. The summed E-state index contributed by atoms with van der Waals surface area (Å²) in [7, 11) is 1.52. The van der Waals surface area contributed by atoms with E-state index in [1.54, 1.807) is 24.3 Å². The fraction of sp³-hybridized carbons (Fsp3) is 0.111. The van der Waals surface area contributed by atoms with Crippen LogP contribution in [0.5, 0.6) is 5.75 Å². The lowest BCUT2D eigenvalue weighted by molar-refractivity contribution is -0.110. The van der Waals surface area contributed by atoms with Gasteiger partial charge in [0.1, 0.15) is 5.75 Å². The summed E-state index contributed by atoms with van der Waals surface area (Å²) in [6, 6.07) is 6.72. The van der Waals surface area contributed by atoms with Crippen molar-refractivity contribution in [2.45, 2.75) is 0 Å². The maximum Gasteiger partial charge on any atom is 0.294 e. The average Bonchev–Trinajstić information content (AvgIpc) is 2.28. The number of nitrogens with one attached hydrogen (secondary N) is 1. The number of hydrogen-bond donors (Lipinski definition) is 3. The monoisotopic (exact) mass is 209 g/mol. The van der Waals surface area contributed by atoms with Crippen LogP contribution in [0, 0.1) is 0 Å². The van der Waals surface area contributed by atoms with Crippen molar-refractivity contribution < 1.29 is 14.7 Å². The quantitative estimate of drug-likeness (QED) is 0.284. The highest BCUT2D eigenvalue weighted by Crippen LogP contribution is 2.16. The molecule has 1 aromatic carbocycles. The highest BCUT2D eigenvalue weighted by Gasteiger charge is 2.07. The van der Waals surface area contributed by atoms with Crippen LogP contribution in [0.4, 0.5) is 5.69 Å². The number of methoxy groups -OCH3 is 1. The molecule has 1 rings (SSSR count). The summed E-state index contributed by atoms with van der Waals surface area (Å²) in [6.45, 7) is 0. The van der Waals surface area contributed by atoms with Crippen LogP contribution < -0.4 is 15.8 Å². The first-order valence-corrected chi connectivity index (χ1v) is 4.10. The van der Waals surface area contributed by atoms with Gasteiger partial charge in [0, 0.05) is 11.8 Å². The fourth-order valence-corrected chi connectivity index (χ4v) is 0.941. The number of anilines is 1.